The van der Waals surface area contributed by atoms with Gasteiger partial charge >= 0.3 is 6.18 Å². The number of alkyl halides is 3. The third-order valence-corrected chi connectivity index (χ3v) is 2.87. The number of aliphatic hydroxyl groups excluding tert-OH is 1. The lowest BCUT2D eigenvalue weighted by molar-refractivity contribution is -0.153. The Morgan fingerprint density at radius 2 is 1.86 bits per heavy atom. The molecule has 0 saturated heterocycles. The van der Waals surface area contributed by atoms with Crippen molar-refractivity contribution in [3.05, 3.63) is 47.8 Å². The molecule has 0 amide bonds. The first-order chi connectivity index (χ1) is 9.89. The molecule has 3 nitrogen and oxygen atoms in total. The van der Waals surface area contributed by atoms with E-state index in [0.717, 1.165) is 11.3 Å². The Bertz CT molecular complexity index is 609. The number of hydrogen-bond donors (Lipinski definition) is 1. The van der Waals surface area contributed by atoms with E-state index in [9.17, 15) is 18.3 Å². The van der Waals surface area contributed by atoms with Crippen LogP contribution in [0.5, 0.6) is 5.75 Å². The highest BCUT2D eigenvalue weighted by Crippen LogP contribution is 2.28. The summed E-state index contributed by atoms with van der Waals surface area (Å²) < 4.78 is 41.5. The molecule has 2 aromatic rings. The van der Waals surface area contributed by atoms with Crippen LogP contribution in [0.4, 0.5) is 13.2 Å². The van der Waals surface area contributed by atoms with E-state index in [1.807, 2.05) is 19.1 Å². The van der Waals surface area contributed by atoms with Gasteiger partial charge in [-0.25, -0.2) is 0 Å². The average molecular weight is 297 g/mol. The maximum atomic E-state index is 12.2. The van der Waals surface area contributed by atoms with Crippen LogP contribution in [0.1, 0.15) is 11.3 Å². The zero-order valence-electron chi connectivity index (χ0n) is 11.3. The smallest absolute Gasteiger partial charge is 0.422 e. The van der Waals surface area contributed by atoms with Gasteiger partial charge in [0.15, 0.2) is 6.61 Å². The van der Waals surface area contributed by atoms with Crippen LogP contribution in [-0.4, -0.2) is 22.9 Å². The van der Waals surface area contributed by atoms with Gasteiger partial charge in [0.2, 0.25) is 0 Å². The number of hydrogen-bond acceptors (Lipinski definition) is 3. The van der Waals surface area contributed by atoms with Gasteiger partial charge in [0.05, 0.1) is 6.61 Å². The molecule has 0 atom stereocenters. The number of aryl methyl sites for hydroxylation is 1. The van der Waals surface area contributed by atoms with Crippen molar-refractivity contribution in [3.8, 4) is 16.9 Å². The van der Waals surface area contributed by atoms with Crippen molar-refractivity contribution in [2.45, 2.75) is 19.7 Å². The van der Waals surface area contributed by atoms with Crippen molar-refractivity contribution in [2.75, 3.05) is 6.61 Å². The molecule has 0 aliphatic heterocycles. The molecule has 1 aromatic heterocycles. The Morgan fingerprint density at radius 1 is 1.14 bits per heavy atom. The molecule has 1 aromatic carbocycles. The summed E-state index contributed by atoms with van der Waals surface area (Å²) in [5.74, 6) is 0.0212. The van der Waals surface area contributed by atoms with Gasteiger partial charge < -0.3 is 9.84 Å². The van der Waals surface area contributed by atoms with Crippen LogP contribution in [-0.2, 0) is 6.61 Å². The molecule has 0 fully saturated rings. The van der Waals surface area contributed by atoms with Crippen LogP contribution < -0.4 is 4.74 Å². The molecule has 0 aliphatic carbocycles. The summed E-state index contributed by atoms with van der Waals surface area (Å²) in [7, 11) is 0. The Labute approximate surface area is 120 Å². The topological polar surface area (TPSA) is 42.4 Å². The fourth-order valence-electron chi connectivity index (χ4n) is 1.80. The molecule has 0 radical (unpaired) electrons. The van der Waals surface area contributed by atoms with Gasteiger partial charge in [-0.3, -0.25) is 4.98 Å². The van der Waals surface area contributed by atoms with Crippen LogP contribution in [0.15, 0.2) is 36.5 Å². The van der Waals surface area contributed by atoms with Gasteiger partial charge in [0, 0.05) is 23.0 Å². The van der Waals surface area contributed by atoms with Gasteiger partial charge in [0.25, 0.3) is 0 Å². The molecular weight excluding hydrogens is 283 g/mol. The third-order valence-electron chi connectivity index (χ3n) is 2.87. The minimum absolute atomic E-state index is 0.0212. The van der Waals surface area contributed by atoms with Crippen molar-refractivity contribution in [1.29, 1.82) is 0 Å². The van der Waals surface area contributed by atoms with E-state index in [2.05, 4.69) is 4.98 Å². The van der Waals surface area contributed by atoms with E-state index in [1.165, 1.54) is 6.07 Å². The molecule has 0 bridgehead atoms. The molecule has 112 valence electrons. The highest BCUT2D eigenvalue weighted by Gasteiger charge is 2.28. The first kappa shape index (κ1) is 15.3. The summed E-state index contributed by atoms with van der Waals surface area (Å²) >= 11 is 0. The Hall–Kier alpha value is -2.08. The van der Waals surface area contributed by atoms with Gasteiger partial charge in [-0.1, -0.05) is 18.2 Å². The van der Waals surface area contributed by atoms with E-state index < -0.39 is 12.8 Å². The summed E-state index contributed by atoms with van der Waals surface area (Å²) in [5.41, 5.74) is 2.60. The number of halogens is 3. The van der Waals surface area contributed by atoms with E-state index in [4.69, 9.17) is 4.74 Å². The second kappa shape index (κ2) is 6.13. The highest BCUT2D eigenvalue weighted by molar-refractivity contribution is 5.65. The second-order valence-electron chi connectivity index (χ2n) is 4.57. The maximum absolute atomic E-state index is 12.2. The summed E-state index contributed by atoms with van der Waals surface area (Å²) in [6.07, 6.45) is -2.79. The lowest BCUT2D eigenvalue weighted by atomic mass is 10.0. The lowest BCUT2D eigenvalue weighted by Crippen LogP contribution is -2.19. The lowest BCUT2D eigenvalue weighted by Gasteiger charge is -2.13. The Morgan fingerprint density at radius 3 is 2.43 bits per heavy atom. The third kappa shape index (κ3) is 4.19. The fraction of sp³-hybridized carbons (Fsp3) is 0.267. The van der Waals surface area contributed by atoms with Crippen LogP contribution in [0.3, 0.4) is 0 Å². The Balaban J connectivity index is 2.30. The predicted octanol–water partition coefficient (Wildman–Crippen LogP) is 3.49. The van der Waals surface area contributed by atoms with Crippen molar-refractivity contribution in [1.82, 2.24) is 4.98 Å². The summed E-state index contributed by atoms with van der Waals surface area (Å²) in [6.45, 7) is 0.0612. The number of benzene rings is 1. The van der Waals surface area contributed by atoms with Gasteiger partial charge in [-0.15, -0.1) is 0 Å². The van der Waals surface area contributed by atoms with Crippen LogP contribution in [0, 0.1) is 6.92 Å². The van der Waals surface area contributed by atoms with E-state index >= 15 is 0 Å². The molecule has 0 spiro atoms. The SMILES string of the molecule is Cc1ccc(-c2ccc(CO)c(OCC(F)(F)F)c2)cn1. The van der Waals surface area contributed by atoms with Gasteiger partial charge in [-0.2, -0.15) is 13.2 Å². The molecule has 0 saturated carbocycles. The highest BCUT2D eigenvalue weighted by atomic mass is 19.4. The molecule has 1 N–H and O–H groups in total. The summed E-state index contributed by atoms with van der Waals surface area (Å²) in [6, 6.07) is 8.36. The minimum Gasteiger partial charge on any atom is -0.484 e. The number of rotatable bonds is 4. The number of ether oxygens (including phenoxy) is 1. The standard InChI is InChI=1S/C15H14F3NO2/c1-10-2-3-12(7-19-10)11-4-5-13(8-20)14(6-11)21-9-15(16,17)18/h2-7,20H,8-9H2,1H3. The van der Waals surface area contributed by atoms with Crippen molar-refractivity contribution >= 4 is 0 Å². The van der Waals surface area contributed by atoms with Crippen LogP contribution in [0.2, 0.25) is 0 Å². The average Bonchev–Trinajstić information content (AvgIpc) is 2.45. The number of aromatic nitrogens is 1. The first-order valence-corrected chi connectivity index (χ1v) is 6.25. The number of aliphatic hydroxyl groups is 1. The zero-order valence-corrected chi connectivity index (χ0v) is 11.3. The molecule has 0 aliphatic rings. The largest absolute Gasteiger partial charge is 0.484 e. The van der Waals surface area contributed by atoms with E-state index in [1.54, 1.807) is 18.3 Å². The quantitative estimate of drug-likeness (QED) is 0.939. The number of pyridine rings is 1. The monoisotopic (exact) mass is 297 g/mol. The summed E-state index contributed by atoms with van der Waals surface area (Å²) in [4.78, 5) is 4.14. The summed E-state index contributed by atoms with van der Waals surface area (Å²) in [5, 5.41) is 9.17. The van der Waals surface area contributed by atoms with Crippen LogP contribution >= 0.6 is 0 Å². The van der Waals surface area contributed by atoms with Gasteiger partial charge in [0.1, 0.15) is 5.75 Å². The molecule has 1 heterocycles. The molecule has 21 heavy (non-hydrogen) atoms. The minimum atomic E-state index is -4.42. The normalized spacial score (nSPS) is 11.5. The van der Waals surface area contributed by atoms with Gasteiger partial charge in [-0.05, 0) is 24.6 Å². The second-order valence-corrected chi connectivity index (χ2v) is 4.57. The molecule has 2 rings (SSSR count). The number of nitrogens with zero attached hydrogens (tertiary/aromatic N) is 1. The van der Waals surface area contributed by atoms with Crippen molar-refractivity contribution in [2.24, 2.45) is 0 Å². The fourth-order valence-corrected chi connectivity index (χ4v) is 1.80. The van der Waals surface area contributed by atoms with E-state index in [-0.39, 0.29) is 12.4 Å². The van der Waals surface area contributed by atoms with Crippen LogP contribution in [0.25, 0.3) is 11.1 Å². The van der Waals surface area contributed by atoms with Crippen molar-refractivity contribution in [3.63, 3.8) is 0 Å². The van der Waals surface area contributed by atoms with Crippen molar-refractivity contribution < 1.29 is 23.0 Å². The Kier molecular flexibility index (Phi) is 4.47. The zero-order chi connectivity index (χ0) is 15.5. The predicted molar refractivity (Wildman–Crippen MR) is 71.9 cm³/mol. The van der Waals surface area contributed by atoms with E-state index in [0.29, 0.717) is 11.1 Å². The maximum Gasteiger partial charge on any atom is 0.422 e. The molecule has 6 heteroatoms. The first-order valence-electron chi connectivity index (χ1n) is 6.25. The molecular formula is C15H14F3NO2. The molecule has 0 unspecified atom stereocenters.